The summed E-state index contributed by atoms with van der Waals surface area (Å²) in [7, 11) is 1.84. The van der Waals surface area contributed by atoms with Gasteiger partial charge in [0.25, 0.3) is 0 Å². The fraction of sp³-hybridized carbons (Fsp3) is 0.429. The Balaban J connectivity index is 2.14. The zero-order chi connectivity index (χ0) is 15.3. The van der Waals surface area contributed by atoms with Gasteiger partial charge in [-0.2, -0.15) is 0 Å². The van der Waals surface area contributed by atoms with Crippen LogP contribution in [-0.2, 0) is 4.74 Å². The van der Waals surface area contributed by atoms with Crippen molar-refractivity contribution in [3.05, 3.63) is 40.7 Å². The van der Waals surface area contributed by atoms with Crippen molar-refractivity contribution in [3.63, 3.8) is 0 Å². The van der Waals surface area contributed by atoms with E-state index in [1.807, 2.05) is 11.9 Å². The van der Waals surface area contributed by atoms with E-state index in [0.29, 0.717) is 13.2 Å². The van der Waals surface area contributed by atoms with Crippen LogP contribution in [0.3, 0.4) is 0 Å². The molecule has 1 aromatic carbocycles. The van der Waals surface area contributed by atoms with Gasteiger partial charge in [0.1, 0.15) is 0 Å². The Kier molecular flexibility index (Phi) is 3.49. The summed E-state index contributed by atoms with van der Waals surface area (Å²) in [5.74, 6) is -9.51. The van der Waals surface area contributed by atoms with Crippen molar-refractivity contribution in [3.8, 4) is 0 Å². The number of rotatable bonds is 1. The van der Waals surface area contributed by atoms with Crippen LogP contribution >= 0.6 is 0 Å². The molecule has 0 aliphatic carbocycles. The van der Waals surface area contributed by atoms with Gasteiger partial charge < -0.3 is 4.74 Å². The van der Waals surface area contributed by atoms with E-state index in [2.05, 4.69) is 0 Å². The minimum atomic E-state index is -2.13. The second-order valence-electron chi connectivity index (χ2n) is 5.27. The first kappa shape index (κ1) is 14.5. The van der Waals surface area contributed by atoms with Gasteiger partial charge in [0.15, 0.2) is 23.3 Å². The molecular formula is C14H12F5NO. The van der Waals surface area contributed by atoms with Gasteiger partial charge in [-0.05, 0) is 19.0 Å². The number of hydrogen-bond donors (Lipinski definition) is 0. The van der Waals surface area contributed by atoms with Gasteiger partial charge in [-0.3, -0.25) is 4.90 Å². The number of fused-ring (bicyclic) bond motifs is 2. The molecule has 2 nitrogen and oxygen atoms in total. The average molecular weight is 305 g/mol. The van der Waals surface area contributed by atoms with Crippen molar-refractivity contribution in [1.29, 1.82) is 0 Å². The molecule has 2 unspecified atom stereocenters. The van der Waals surface area contributed by atoms with Gasteiger partial charge in [-0.15, -0.1) is 0 Å². The minimum absolute atomic E-state index is 0.138. The molecular weight excluding hydrogens is 293 g/mol. The predicted octanol–water partition coefficient (Wildman–Crippen LogP) is 2.87. The Hall–Kier alpha value is -1.47. The number of likely N-dealkylation sites (N-methyl/N-ethyl adjacent to an activating group) is 1. The van der Waals surface area contributed by atoms with Crippen LogP contribution in [0, 0.1) is 29.1 Å². The lowest BCUT2D eigenvalue weighted by atomic mass is 9.89. The van der Waals surface area contributed by atoms with Crippen molar-refractivity contribution < 1.29 is 26.7 Å². The van der Waals surface area contributed by atoms with E-state index in [9.17, 15) is 22.0 Å². The highest BCUT2D eigenvalue weighted by Crippen LogP contribution is 2.36. The number of nitrogens with zero attached hydrogens (tertiary/aromatic N) is 1. The minimum Gasteiger partial charge on any atom is -0.378 e. The third-order valence-corrected chi connectivity index (χ3v) is 4.08. The Morgan fingerprint density at radius 3 is 2.10 bits per heavy atom. The molecule has 0 aromatic heterocycles. The summed E-state index contributed by atoms with van der Waals surface area (Å²) in [5, 5.41) is 0. The van der Waals surface area contributed by atoms with Crippen LogP contribution in [-0.4, -0.2) is 37.2 Å². The molecule has 7 heteroatoms. The van der Waals surface area contributed by atoms with Crippen LogP contribution < -0.4 is 0 Å². The molecule has 2 heterocycles. The average Bonchev–Trinajstić information content (AvgIpc) is 2.44. The Morgan fingerprint density at radius 2 is 1.52 bits per heavy atom. The molecule has 1 saturated heterocycles. The van der Waals surface area contributed by atoms with Crippen molar-refractivity contribution in [2.45, 2.75) is 18.5 Å². The SMILES string of the molecule is CN1C2C=C(c3c(F)c(F)c(F)c(F)c3F)CC1COC2. The fourth-order valence-corrected chi connectivity index (χ4v) is 2.83. The molecule has 0 spiro atoms. The van der Waals surface area contributed by atoms with E-state index in [-0.39, 0.29) is 24.1 Å². The van der Waals surface area contributed by atoms with Crippen LogP contribution in [0.4, 0.5) is 22.0 Å². The summed E-state index contributed by atoms with van der Waals surface area (Å²) < 4.78 is 72.7. The smallest absolute Gasteiger partial charge is 0.200 e. The van der Waals surface area contributed by atoms with Crippen molar-refractivity contribution in [2.75, 3.05) is 20.3 Å². The number of ether oxygens (including phenoxy) is 1. The number of halogens is 5. The third kappa shape index (κ3) is 2.15. The number of benzene rings is 1. The Morgan fingerprint density at radius 1 is 0.952 bits per heavy atom. The van der Waals surface area contributed by atoms with Crippen LogP contribution in [0.1, 0.15) is 12.0 Å². The van der Waals surface area contributed by atoms with Crippen molar-refractivity contribution in [1.82, 2.24) is 4.90 Å². The maximum Gasteiger partial charge on any atom is 0.200 e. The van der Waals surface area contributed by atoms with Crippen molar-refractivity contribution >= 4 is 5.57 Å². The first-order chi connectivity index (χ1) is 9.91. The monoisotopic (exact) mass is 305 g/mol. The molecule has 1 aromatic rings. The molecule has 1 fully saturated rings. The standard InChI is InChI=1S/C14H12F5NO/c1-20-7-2-6(3-8(20)5-21-4-7)9-10(15)12(17)14(19)13(18)11(9)16/h2,7-8H,3-5H2,1H3. The van der Waals surface area contributed by atoms with E-state index >= 15 is 0 Å². The molecule has 3 rings (SSSR count). The highest BCUT2D eigenvalue weighted by atomic mass is 19.2. The molecule has 0 saturated carbocycles. The molecule has 0 radical (unpaired) electrons. The van der Waals surface area contributed by atoms with Crippen LogP contribution in [0.2, 0.25) is 0 Å². The topological polar surface area (TPSA) is 12.5 Å². The Labute approximate surface area is 117 Å². The molecule has 21 heavy (non-hydrogen) atoms. The van der Waals surface area contributed by atoms with Crippen LogP contribution in [0.5, 0.6) is 0 Å². The highest BCUT2D eigenvalue weighted by molar-refractivity contribution is 5.69. The molecule has 114 valence electrons. The third-order valence-electron chi connectivity index (χ3n) is 4.08. The van der Waals surface area contributed by atoms with E-state index in [1.165, 1.54) is 6.08 Å². The van der Waals surface area contributed by atoms with Crippen molar-refractivity contribution in [2.24, 2.45) is 0 Å². The van der Waals surface area contributed by atoms with E-state index in [4.69, 9.17) is 4.74 Å². The molecule has 2 aliphatic heterocycles. The lowest BCUT2D eigenvalue weighted by molar-refractivity contribution is -0.0222. The summed E-state index contributed by atoms with van der Waals surface area (Å²) in [6, 6.07) is -0.374. The van der Waals surface area contributed by atoms with E-state index < -0.39 is 34.6 Å². The molecule has 0 N–H and O–H groups in total. The number of hydrogen-bond acceptors (Lipinski definition) is 2. The largest absolute Gasteiger partial charge is 0.378 e. The second kappa shape index (κ2) is 5.06. The summed E-state index contributed by atoms with van der Waals surface area (Å²) in [4.78, 5) is 1.97. The van der Waals surface area contributed by atoms with Gasteiger partial charge in [-0.1, -0.05) is 6.08 Å². The zero-order valence-corrected chi connectivity index (χ0v) is 11.1. The predicted molar refractivity (Wildman–Crippen MR) is 65.0 cm³/mol. The zero-order valence-electron chi connectivity index (χ0n) is 11.1. The van der Waals surface area contributed by atoms with Gasteiger partial charge in [-0.25, -0.2) is 22.0 Å². The molecule has 0 amide bonds. The van der Waals surface area contributed by atoms with Gasteiger partial charge >= 0.3 is 0 Å². The maximum absolute atomic E-state index is 13.9. The first-order valence-electron chi connectivity index (χ1n) is 6.44. The van der Waals surface area contributed by atoms with E-state index in [1.54, 1.807) is 0 Å². The quantitative estimate of drug-likeness (QED) is 0.449. The summed E-state index contributed by atoms with van der Waals surface area (Å²) in [6.45, 7) is 0.686. The van der Waals surface area contributed by atoms with Crippen LogP contribution in [0.15, 0.2) is 6.08 Å². The molecule has 2 atom stereocenters. The summed E-state index contributed by atoms with van der Waals surface area (Å²) in [6.07, 6.45) is 1.68. The Bertz CT molecular complexity index is 601. The highest BCUT2D eigenvalue weighted by Gasteiger charge is 2.36. The van der Waals surface area contributed by atoms with Gasteiger partial charge in [0.2, 0.25) is 5.82 Å². The van der Waals surface area contributed by atoms with E-state index in [0.717, 1.165) is 0 Å². The normalized spacial score (nSPS) is 25.9. The number of morpholine rings is 1. The second-order valence-corrected chi connectivity index (χ2v) is 5.27. The fourth-order valence-electron chi connectivity index (χ4n) is 2.83. The van der Waals surface area contributed by atoms with Gasteiger partial charge in [0.05, 0.1) is 24.8 Å². The summed E-state index contributed by atoms with van der Waals surface area (Å²) >= 11 is 0. The lowest BCUT2D eigenvalue weighted by Crippen LogP contribution is -2.51. The summed E-state index contributed by atoms with van der Waals surface area (Å²) in [5.41, 5.74) is -0.685. The molecule has 2 aliphatic rings. The lowest BCUT2D eigenvalue weighted by Gasteiger charge is -2.42. The molecule has 2 bridgehead atoms. The first-order valence-corrected chi connectivity index (χ1v) is 6.44. The maximum atomic E-state index is 13.9. The van der Waals surface area contributed by atoms with Gasteiger partial charge in [0, 0.05) is 6.04 Å². The van der Waals surface area contributed by atoms with Crippen LogP contribution in [0.25, 0.3) is 5.57 Å².